The zero-order valence-electron chi connectivity index (χ0n) is 13.0. The number of ether oxygens (including phenoxy) is 1. The average molecular weight is 314 g/mol. The fraction of sp³-hybridized carbons (Fsp3) is 0.278. The van der Waals surface area contributed by atoms with Gasteiger partial charge in [0.05, 0.1) is 12.6 Å². The van der Waals surface area contributed by atoms with E-state index in [2.05, 4.69) is 29.7 Å². The van der Waals surface area contributed by atoms with E-state index in [0.717, 1.165) is 17.9 Å². The topological polar surface area (TPSA) is 33.3 Å². The van der Waals surface area contributed by atoms with E-state index in [1.807, 2.05) is 49.4 Å². The molecule has 0 unspecified atom stereocenters. The molecule has 0 aliphatic heterocycles. The highest BCUT2D eigenvalue weighted by atomic mass is 32.1. The Morgan fingerprint density at radius 2 is 1.86 bits per heavy atom. The minimum absolute atomic E-state index is 0.205. The van der Waals surface area contributed by atoms with Crippen LogP contribution in [0.25, 0.3) is 0 Å². The minimum atomic E-state index is 0.205. The Bertz CT molecular complexity index is 601. The third-order valence-electron chi connectivity index (χ3n) is 3.32. The Labute approximate surface area is 137 Å². The van der Waals surface area contributed by atoms with Gasteiger partial charge in [0, 0.05) is 11.8 Å². The van der Waals surface area contributed by atoms with Gasteiger partial charge in [-0.2, -0.15) is 0 Å². The molecule has 116 valence electrons. The Hall–Kier alpha value is -2.07. The fourth-order valence-electron chi connectivity index (χ4n) is 2.26. The van der Waals surface area contributed by atoms with Gasteiger partial charge in [-0.25, -0.2) is 0 Å². The normalized spacial score (nSPS) is 11.5. The minimum Gasteiger partial charge on any atom is -0.494 e. The summed E-state index contributed by atoms with van der Waals surface area (Å²) in [6, 6.07) is 18.3. The molecule has 0 bridgehead atoms. The lowest BCUT2D eigenvalue weighted by molar-refractivity contribution is 0.340. The summed E-state index contributed by atoms with van der Waals surface area (Å²) in [6.07, 6.45) is 0.963. The lowest BCUT2D eigenvalue weighted by Crippen LogP contribution is -2.32. The summed E-state index contributed by atoms with van der Waals surface area (Å²) in [6.45, 7) is 4.76. The predicted octanol–water partition coefficient (Wildman–Crippen LogP) is 4.52. The Morgan fingerprint density at radius 1 is 1.09 bits per heavy atom. The lowest BCUT2D eigenvalue weighted by Gasteiger charge is -2.20. The standard InChI is InChI=1S/C18H22N2OS/c1-3-17(14-9-6-5-7-10-14)20-18(22)19-15-11-8-12-16(13-15)21-4-2/h5-13,17H,3-4H2,1-2H3,(H2,19,20,22)/t17-/m1/s1. The summed E-state index contributed by atoms with van der Waals surface area (Å²) in [5, 5.41) is 7.19. The third-order valence-corrected chi connectivity index (χ3v) is 3.54. The van der Waals surface area contributed by atoms with Crippen LogP contribution in [0.2, 0.25) is 0 Å². The molecule has 4 heteroatoms. The average Bonchev–Trinajstić information content (AvgIpc) is 2.54. The lowest BCUT2D eigenvalue weighted by atomic mass is 10.1. The summed E-state index contributed by atoms with van der Waals surface area (Å²) in [4.78, 5) is 0. The molecule has 0 spiro atoms. The number of hydrogen-bond acceptors (Lipinski definition) is 2. The van der Waals surface area contributed by atoms with E-state index < -0.39 is 0 Å². The molecule has 1 atom stereocenters. The number of hydrogen-bond donors (Lipinski definition) is 2. The number of benzene rings is 2. The van der Waals surface area contributed by atoms with E-state index >= 15 is 0 Å². The van der Waals surface area contributed by atoms with E-state index in [0.29, 0.717) is 11.7 Å². The molecule has 0 amide bonds. The van der Waals surface area contributed by atoms with Crippen LogP contribution in [0.15, 0.2) is 54.6 Å². The van der Waals surface area contributed by atoms with Crippen molar-refractivity contribution < 1.29 is 4.74 Å². The van der Waals surface area contributed by atoms with Crippen molar-refractivity contribution >= 4 is 23.0 Å². The van der Waals surface area contributed by atoms with Crippen LogP contribution in [0.1, 0.15) is 31.9 Å². The molecule has 2 N–H and O–H groups in total. The van der Waals surface area contributed by atoms with Gasteiger partial charge in [-0.1, -0.05) is 43.3 Å². The molecule has 0 radical (unpaired) electrons. The van der Waals surface area contributed by atoms with E-state index in [1.165, 1.54) is 5.56 Å². The molecule has 3 nitrogen and oxygen atoms in total. The van der Waals surface area contributed by atoms with Crippen LogP contribution in [0.5, 0.6) is 5.75 Å². The molecule has 2 aromatic carbocycles. The van der Waals surface area contributed by atoms with E-state index in [9.17, 15) is 0 Å². The molecule has 0 fully saturated rings. The van der Waals surface area contributed by atoms with Gasteiger partial charge in [-0.15, -0.1) is 0 Å². The second-order valence-electron chi connectivity index (χ2n) is 4.93. The first-order valence-corrected chi connectivity index (χ1v) is 7.99. The van der Waals surface area contributed by atoms with Gasteiger partial charge in [0.1, 0.15) is 5.75 Å². The van der Waals surface area contributed by atoms with E-state index in [-0.39, 0.29) is 6.04 Å². The van der Waals surface area contributed by atoms with Gasteiger partial charge in [-0.3, -0.25) is 0 Å². The molecular formula is C18H22N2OS. The van der Waals surface area contributed by atoms with Crippen LogP contribution in [0, 0.1) is 0 Å². The van der Waals surface area contributed by atoms with Gasteiger partial charge in [0.15, 0.2) is 5.11 Å². The summed E-state index contributed by atoms with van der Waals surface area (Å²) >= 11 is 5.42. The first kappa shape index (κ1) is 16.3. The Kier molecular flexibility index (Phi) is 6.22. The maximum atomic E-state index is 5.50. The van der Waals surface area contributed by atoms with Crippen molar-refractivity contribution in [2.24, 2.45) is 0 Å². The SMILES string of the molecule is CCOc1cccc(NC(=S)N[C@H](CC)c2ccccc2)c1. The molecule has 0 heterocycles. The Morgan fingerprint density at radius 3 is 2.55 bits per heavy atom. The van der Waals surface area contributed by atoms with Crippen LogP contribution in [-0.4, -0.2) is 11.7 Å². The number of thiocarbonyl (C=S) groups is 1. The largest absolute Gasteiger partial charge is 0.494 e. The highest BCUT2D eigenvalue weighted by Crippen LogP contribution is 2.19. The highest BCUT2D eigenvalue weighted by Gasteiger charge is 2.10. The molecule has 0 aromatic heterocycles. The van der Waals surface area contributed by atoms with Crippen LogP contribution in [0.3, 0.4) is 0 Å². The zero-order chi connectivity index (χ0) is 15.8. The third kappa shape index (κ3) is 4.74. The molecule has 0 aliphatic carbocycles. The van der Waals surface area contributed by atoms with Crippen molar-refractivity contribution in [1.82, 2.24) is 5.32 Å². The Balaban J connectivity index is 1.98. The van der Waals surface area contributed by atoms with Gasteiger partial charge in [0.2, 0.25) is 0 Å². The van der Waals surface area contributed by atoms with Crippen LogP contribution in [-0.2, 0) is 0 Å². The van der Waals surface area contributed by atoms with Crippen LogP contribution >= 0.6 is 12.2 Å². The summed E-state index contributed by atoms with van der Waals surface area (Å²) < 4.78 is 5.50. The number of anilines is 1. The van der Waals surface area contributed by atoms with Crippen molar-refractivity contribution in [2.45, 2.75) is 26.3 Å². The molecular weight excluding hydrogens is 292 g/mol. The maximum Gasteiger partial charge on any atom is 0.171 e. The molecule has 2 aromatic rings. The van der Waals surface area contributed by atoms with Crippen molar-refractivity contribution in [3.8, 4) is 5.75 Å². The van der Waals surface area contributed by atoms with Gasteiger partial charge < -0.3 is 15.4 Å². The van der Waals surface area contributed by atoms with Crippen molar-refractivity contribution in [1.29, 1.82) is 0 Å². The van der Waals surface area contributed by atoms with Crippen molar-refractivity contribution in [3.63, 3.8) is 0 Å². The van der Waals surface area contributed by atoms with E-state index in [4.69, 9.17) is 17.0 Å². The second-order valence-corrected chi connectivity index (χ2v) is 5.34. The van der Waals surface area contributed by atoms with Gasteiger partial charge in [0.25, 0.3) is 0 Å². The van der Waals surface area contributed by atoms with Gasteiger partial charge >= 0.3 is 0 Å². The fourth-order valence-corrected chi connectivity index (χ4v) is 2.52. The van der Waals surface area contributed by atoms with Crippen molar-refractivity contribution in [2.75, 3.05) is 11.9 Å². The molecule has 2 rings (SSSR count). The first-order chi connectivity index (χ1) is 10.7. The molecule has 0 saturated heterocycles. The summed E-state index contributed by atoms with van der Waals surface area (Å²) in [5.41, 5.74) is 2.16. The summed E-state index contributed by atoms with van der Waals surface area (Å²) in [5.74, 6) is 0.838. The first-order valence-electron chi connectivity index (χ1n) is 7.58. The monoisotopic (exact) mass is 314 g/mol. The maximum absolute atomic E-state index is 5.50. The van der Waals surface area contributed by atoms with Crippen LogP contribution < -0.4 is 15.4 Å². The van der Waals surface area contributed by atoms with Crippen molar-refractivity contribution in [3.05, 3.63) is 60.2 Å². The smallest absolute Gasteiger partial charge is 0.171 e. The highest BCUT2D eigenvalue weighted by molar-refractivity contribution is 7.80. The number of rotatable bonds is 6. The number of nitrogens with one attached hydrogen (secondary N) is 2. The van der Waals surface area contributed by atoms with E-state index in [1.54, 1.807) is 0 Å². The molecule has 22 heavy (non-hydrogen) atoms. The predicted molar refractivity (Wildman–Crippen MR) is 96.4 cm³/mol. The molecule has 0 aliphatic rings. The second kappa shape index (κ2) is 8.39. The quantitative estimate of drug-likeness (QED) is 0.768. The van der Waals surface area contributed by atoms with Crippen LogP contribution in [0.4, 0.5) is 5.69 Å². The summed E-state index contributed by atoms with van der Waals surface area (Å²) in [7, 11) is 0. The zero-order valence-corrected chi connectivity index (χ0v) is 13.8. The van der Waals surface area contributed by atoms with Gasteiger partial charge in [-0.05, 0) is 43.3 Å². The molecule has 0 saturated carbocycles.